The third-order valence-electron chi connectivity index (χ3n) is 7.66. The zero-order chi connectivity index (χ0) is 29.1. The van der Waals surface area contributed by atoms with Crippen LogP contribution in [0.25, 0.3) is 0 Å². The molecule has 3 aliphatic heterocycles. The molecule has 2 aromatic carbocycles. The van der Waals surface area contributed by atoms with Crippen molar-refractivity contribution in [3.63, 3.8) is 0 Å². The zero-order valence-electron chi connectivity index (χ0n) is 24.3. The van der Waals surface area contributed by atoms with Crippen molar-refractivity contribution in [1.29, 1.82) is 0 Å². The number of hydrogen-bond acceptors (Lipinski definition) is 7. The summed E-state index contributed by atoms with van der Waals surface area (Å²) in [4.78, 5) is 38.8. The highest BCUT2D eigenvalue weighted by Crippen LogP contribution is 2.31. The molecule has 9 nitrogen and oxygen atoms in total. The van der Waals surface area contributed by atoms with E-state index in [0.29, 0.717) is 25.4 Å². The number of benzene rings is 2. The second-order valence-electron chi connectivity index (χ2n) is 9.96. The Bertz CT molecular complexity index is 1100. The Morgan fingerprint density at radius 1 is 0.900 bits per heavy atom. The number of nitro benzene ring substituents is 1. The number of ether oxygens (including phenoxy) is 1. The average molecular weight is 553 g/mol. The van der Waals surface area contributed by atoms with Gasteiger partial charge in [-0.1, -0.05) is 52.0 Å². The molecule has 2 aromatic rings. The van der Waals surface area contributed by atoms with Gasteiger partial charge in [-0.3, -0.25) is 25.0 Å². The van der Waals surface area contributed by atoms with E-state index in [-0.39, 0.29) is 34.4 Å². The Kier molecular flexibility index (Phi) is 12.1. The summed E-state index contributed by atoms with van der Waals surface area (Å²) >= 11 is 0. The summed E-state index contributed by atoms with van der Waals surface area (Å²) in [5, 5.41) is 13.4. The fourth-order valence-electron chi connectivity index (χ4n) is 5.60. The van der Waals surface area contributed by atoms with Crippen LogP contribution in [0.3, 0.4) is 0 Å². The number of rotatable bonds is 6. The SMILES string of the molecule is CC.CC.O=C1CCC(c2ccc(C3CCN(CC4CN(c5ccc([N+](=O)[O-])cc5)CCO4)CC3)cc2)C(=O)N1. The van der Waals surface area contributed by atoms with Gasteiger partial charge in [0, 0.05) is 43.9 Å². The van der Waals surface area contributed by atoms with Crippen molar-refractivity contribution >= 4 is 23.2 Å². The van der Waals surface area contributed by atoms with Crippen molar-refractivity contribution in [2.24, 2.45) is 0 Å². The van der Waals surface area contributed by atoms with Crippen molar-refractivity contribution < 1.29 is 19.2 Å². The highest BCUT2D eigenvalue weighted by atomic mass is 16.6. The van der Waals surface area contributed by atoms with Crippen molar-refractivity contribution in [3.05, 3.63) is 69.8 Å². The molecule has 0 radical (unpaired) electrons. The Labute approximate surface area is 238 Å². The molecule has 2 amide bonds. The maximum Gasteiger partial charge on any atom is 0.269 e. The van der Waals surface area contributed by atoms with Crippen LogP contribution < -0.4 is 10.2 Å². The van der Waals surface area contributed by atoms with Gasteiger partial charge in [0.1, 0.15) is 0 Å². The van der Waals surface area contributed by atoms with Crippen LogP contribution in [0.5, 0.6) is 0 Å². The third kappa shape index (κ3) is 8.11. The predicted molar refractivity (Wildman–Crippen MR) is 158 cm³/mol. The van der Waals surface area contributed by atoms with E-state index in [4.69, 9.17) is 4.74 Å². The number of hydrogen-bond donors (Lipinski definition) is 1. The molecule has 3 heterocycles. The maximum absolute atomic E-state index is 12.2. The van der Waals surface area contributed by atoms with Crippen LogP contribution in [0.15, 0.2) is 48.5 Å². The number of nitro groups is 1. The van der Waals surface area contributed by atoms with Gasteiger partial charge in [-0.25, -0.2) is 0 Å². The van der Waals surface area contributed by atoms with Crippen LogP contribution in [-0.2, 0) is 14.3 Å². The number of anilines is 1. The predicted octanol–water partition coefficient (Wildman–Crippen LogP) is 5.25. The van der Waals surface area contributed by atoms with Gasteiger partial charge in [0.05, 0.1) is 23.6 Å². The van der Waals surface area contributed by atoms with Crippen LogP contribution in [0.1, 0.15) is 76.3 Å². The molecule has 3 fully saturated rings. The summed E-state index contributed by atoms with van der Waals surface area (Å²) in [7, 11) is 0. The maximum atomic E-state index is 12.2. The Morgan fingerprint density at radius 3 is 2.12 bits per heavy atom. The van der Waals surface area contributed by atoms with Crippen molar-refractivity contribution in [1.82, 2.24) is 10.2 Å². The number of piperidine rings is 2. The lowest BCUT2D eigenvalue weighted by Gasteiger charge is -2.39. The number of nitrogens with zero attached hydrogens (tertiary/aromatic N) is 3. The van der Waals surface area contributed by atoms with Crippen molar-refractivity contribution in [2.75, 3.05) is 44.2 Å². The summed E-state index contributed by atoms with van der Waals surface area (Å²) < 4.78 is 6.05. The smallest absolute Gasteiger partial charge is 0.269 e. The third-order valence-corrected chi connectivity index (χ3v) is 7.66. The second kappa shape index (κ2) is 15.5. The van der Waals surface area contributed by atoms with E-state index in [0.717, 1.165) is 56.8 Å². The number of non-ortho nitro benzene ring substituents is 1. The average Bonchev–Trinajstić information content (AvgIpc) is 3.00. The number of carbonyl (C=O) groups excluding carboxylic acids is 2. The number of likely N-dealkylation sites (tertiary alicyclic amines) is 1. The Balaban J connectivity index is 0.00000106. The lowest BCUT2D eigenvalue weighted by Crippen LogP contribution is -2.49. The molecule has 0 aliphatic carbocycles. The standard InChI is InChI=1S/C27H32N4O5.2C2H6/c32-26-10-9-25(27(33)28-26)21-3-1-19(2-4-21)20-11-13-29(14-12-20)17-24-18-30(15-16-36-24)22-5-7-23(8-6-22)31(34)35;2*1-2/h1-8,20,24-25H,9-18H2,(H,28,32,33);2*1-2H3. The van der Waals surface area contributed by atoms with Gasteiger partial charge in [-0.2, -0.15) is 0 Å². The van der Waals surface area contributed by atoms with E-state index >= 15 is 0 Å². The molecule has 0 saturated carbocycles. The van der Waals surface area contributed by atoms with E-state index < -0.39 is 0 Å². The molecule has 0 aromatic heterocycles. The van der Waals surface area contributed by atoms with E-state index in [2.05, 4.69) is 27.2 Å². The molecule has 2 unspecified atom stereocenters. The zero-order valence-corrected chi connectivity index (χ0v) is 24.3. The Morgan fingerprint density at radius 2 is 1.52 bits per heavy atom. The molecule has 5 rings (SSSR count). The normalized spacial score (nSPS) is 21.9. The Hall–Kier alpha value is -3.30. The van der Waals surface area contributed by atoms with Crippen LogP contribution in [0.4, 0.5) is 11.4 Å². The molecule has 218 valence electrons. The first kappa shape index (κ1) is 31.2. The molecule has 40 heavy (non-hydrogen) atoms. The van der Waals surface area contributed by atoms with Crippen LogP contribution in [0, 0.1) is 10.1 Å². The number of imide groups is 1. The second-order valence-corrected chi connectivity index (χ2v) is 9.96. The molecular formula is C31H44N4O5. The van der Waals surface area contributed by atoms with Gasteiger partial charge in [-0.15, -0.1) is 0 Å². The number of carbonyl (C=O) groups is 2. The van der Waals surface area contributed by atoms with Gasteiger partial charge in [0.25, 0.3) is 5.69 Å². The van der Waals surface area contributed by atoms with Gasteiger partial charge in [0.2, 0.25) is 11.8 Å². The largest absolute Gasteiger partial charge is 0.373 e. The van der Waals surface area contributed by atoms with Crippen LogP contribution >= 0.6 is 0 Å². The van der Waals surface area contributed by atoms with E-state index in [1.807, 2.05) is 52.0 Å². The highest BCUT2D eigenvalue weighted by Gasteiger charge is 2.29. The number of morpholine rings is 1. The quantitative estimate of drug-likeness (QED) is 0.296. The first-order chi connectivity index (χ1) is 19.5. The molecule has 1 N–H and O–H groups in total. The van der Waals surface area contributed by atoms with Crippen molar-refractivity contribution in [3.8, 4) is 0 Å². The van der Waals surface area contributed by atoms with Crippen LogP contribution in [0.2, 0.25) is 0 Å². The highest BCUT2D eigenvalue weighted by molar-refractivity contribution is 6.00. The van der Waals surface area contributed by atoms with E-state index in [9.17, 15) is 19.7 Å². The minimum Gasteiger partial charge on any atom is -0.373 e. The summed E-state index contributed by atoms with van der Waals surface area (Å²) in [6.07, 6.45) is 3.24. The molecule has 0 spiro atoms. The summed E-state index contributed by atoms with van der Waals surface area (Å²) in [6, 6.07) is 15.1. The number of nitrogens with one attached hydrogen (secondary N) is 1. The monoisotopic (exact) mass is 552 g/mol. The van der Waals surface area contributed by atoms with Gasteiger partial charge in [0.15, 0.2) is 0 Å². The topological polar surface area (TPSA) is 105 Å². The lowest BCUT2D eigenvalue weighted by atomic mass is 9.86. The summed E-state index contributed by atoms with van der Waals surface area (Å²) in [5.41, 5.74) is 3.39. The fraction of sp³-hybridized carbons (Fsp3) is 0.548. The summed E-state index contributed by atoms with van der Waals surface area (Å²) in [6.45, 7) is 13.1. The molecule has 9 heteroatoms. The molecule has 0 bridgehead atoms. The van der Waals surface area contributed by atoms with Gasteiger partial charge >= 0.3 is 0 Å². The molecule has 3 saturated heterocycles. The minimum absolute atomic E-state index is 0.108. The first-order valence-corrected chi connectivity index (χ1v) is 14.7. The van der Waals surface area contributed by atoms with E-state index in [1.165, 1.54) is 5.56 Å². The van der Waals surface area contributed by atoms with Gasteiger partial charge < -0.3 is 14.5 Å². The number of amides is 2. The molecule has 2 atom stereocenters. The fourth-order valence-corrected chi connectivity index (χ4v) is 5.60. The van der Waals surface area contributed by atoms with Crippen molar-refractivity contribution in [2.45, 2.75) is 71.3 Å². The minimum atomic E-state index is -0.373. The molecule has 3 aliphatic rings. The van der Waals surface area contributed by atoms with Crippen LogP contribution in [-0.4, -0.2) is 67.1 Å². The lowest BCUT2D eigenvalue weighted by molar-refractivity contribution is -0.384. The summed E-state index contributed by atoms with van der Waals surface area (Å²) in [5.74, 6) is -0.109. The van der Waals surface area contributed by atoms with E-state index in [1.54, 1.807) is 12.1 Å². The van der Waals surface area contributed by atoms with Gasteiger partial charge in [-0.05, 0) is 61.5 Å². The molecular weight excluding hydrogens is 508 g/mol. The first-order valence-electron chi connectivity index (χ1n) is 14.7.